The van der Waals surface area contributed by atoms with Crippen molar-refractivity contribution in [3.05, 3.63) is 0 Å². The molecule has 0 radical (unpaired) electrons. The topological polar surface area (TPSA) is 43.1 Å². The molecule has 0 fully saturated rings. The third-order valence-corrected chi connectivity index (χ3v) is 0.776. The van der Waals surface area contributed by atoms with Crippen LogP contribution in [0.15, 0.2) is 0 Å². The molecule has 2 nitrogen and oxygen atoms in total. The number of carbonyl (C=O) groups is 1. The van der Waals surface area contributed by atoms with Crippen LogP contribution in [0, 0.1) is 0 Å². The fourth-order valence-corrected chi connectivity index (χ4v) is 0.593. The summed E-state index contributed by atoms with van der Waals surface area (Å²) >= 11 is 15.5. The second-order valence-electron chi connectivity index (χ2n) is 1.26. The molecule has 0 saturated carbocycles. The Morgan fingerprint density at radius 3 is 1.88 bits per heavy atom. The van der Waals surface area contributed by atoms with Crippen molar-refractivity contribution in [3.63, 3.8) is 0 Å². The average molecular weight is 176 g/mol. The Labute approximate surface area is 61.9 Å². The third-order valence-electron chi connectivity index (χ3n) is 0.375. The van der Waals surface area contributed by atoms with Crippen molar-refractivity contribution in [1.82, 2.24) is 0 Å². The Morgan fingerprint density at radius 1 is 1.50 bits per heavy atom. The van der Waals surface area contributed by atoms with Crippen molar-refractivity contribution in [3.8, 4) is 0 Å². The molecule has 0 aromatic carbocycles. The largest absolute Gasteiger partial charge is 0.370 e. The van der Waals surface area contributed by atoms with Crippen LogP contribution in [-0.4, -0.2) is 9.70 Å². The fraction of sp³-hybridized carbons (Fsp3) is 0.667. The summed E-state index contributed by atoms with van der Waals surface area (Å²) in [5.74, 6) is -0.620. The number of primary amides is 1. The van der Waals surface area contributed by atoms with Crippen LogP contribution >= 0.6 is 34.8 Å². The summed E-state index contributed by atoms with van der Waals surface area (Å²) in [4.78, 5) is 9.98. The Bertz CT molecular complexity index is 97.2. The van der Waals surface area contributed by atoms with Gasteiger partial charge in [0.2, 0.25) is 5.91 Å². The first-order chi connectivity index (χ1) is 3.42. The third kappa shape index (κ3) is 6.34. The van der Waals surface area contributed by atoms with Gasteiger partial charge >= 0.3 is 0 Å². The van der Waals surface area contributed by atoms with E-state index in [-0.39, 0.29) is 6.42 Å². The Morgan fingerprint density at radius 2 is 1.88 bits per heavy atom. The van der Waals surface area contributed by atoms with E-state index >= 15 is 0 Å². The first-order valence-electron chi connectivity index (χ1n) is 1.77. The van der Waals surface area contributed by atoms with Gasteiger partial charge in [-0.25, -0.2) is 0 Å². The van der Waals surface area contributed by atoms with Crippen LogP contribution in [0.4, 0.5) is 0 Å². The smallest absolute Gasteiger partial charge is 0.221 e. The van der Waals surface area contributed by atoms with Gasteiger partial charge in [-0.3, -0.25) is 4.79 Å². The molecule has 0 aromatic rings. The lowest BCUT2D eigenvalue weighted by Gasteiger charge is -2.04. The monoisotopic (exact) mass is 175 g/mol. The summed E-state index contributed by atoms with van der Waals surface area (Å²) in [5.41, 5.74) is 4.69. The van der Waals surface area contributed by atoms with E-state index in [1.54, 1.807) is 0 Å². The molecule has 48 valence electrons. The molecule has 8 heavy (non-hydrogen) atoms. The maximum Gasteiger partial charge on any atom is 0.221 e. The summed E-state index contributed by atoms with van der Waals surface area (Å²) in [6, 6.07) is 0. The normalized spacial score (nSPS) is 11.4. The molecule has 0 aliphatic carbocycles. The highest BCUT2D eigenvalue weighted by molar-refractivity contribution is 6.68. The van der Waals surface area contributed by atoms with Gasteiger partial charge in [0.05, 0.1) is 6.42 Å². The predicted molar refractivity (Wildman–Crippen MR) is 34.1 cm³/mol. The van der Waals surface area contributed by atoms with Gasteiger partial charge in [-0.05, 0) is 0 Å². The van der Waals surface area contributed by atoms with Gasteiger partial charge in [0, 0.05) is 0 Å². The zero-order valence-electron chi connectivity index (χ0n) is 3.83. The van der Waals surface area contributed by atoms with Crippen molar-refractivity contribution in [2.45, 2.75) is 10.2 Å². The molecule has 0 aliphatic heterocycles. The van der Waals surface area contributed by atoms with E-state index in [2.05, 4.69) is 5.73 Å². The van der Waals surface area contributed by atoms with E-state index < -0.39 is 9.70 Å². The highest BCUT2D eigenvalue weighted by atomic mass is 35.6. The van der Waals surface area contributed by atoms with Crippen LogP contribution in [0.1, 0.15) is 6.42 Å². The number of hydrogen-bond acceptors (Lipinski definition) is 1. The highest BCUT2D eigenvalue weighted by Gasteiger charge is 2.21. The van der Waals surface area contributed by atoms with Gasteiger partial charge in [0.15, 0.2) is 3.79 Å². The van der Waals surface area contributed by atoms with E-state index in [0.717, 1.165) is 0 Å². The maximum atomic E-state index is 9.98. The fourth-order valence-electron chi connectivity index (χ4n) is 0.198. The Kier molecular flexibility index (Phi) is 2.88. The van der Waals surface area contributed by atoms with Crippen LogP contribution < -0.4 is 5.73 Å². The van der Waals surface area contributed by atoms with Crippen molar-refractivity contribution in [2.75, 3.05) is 0 Å². The zero-order chi connectivity index (χ0) is 6.78. The van der Waals surface area contributed by atoms with Crippen molar-refractivity contribution in [1.29, 1.82) is 0 Å². The van der Waals surface area contributed by atoms with Crippen molar-refractivity contribution >= 4 is 40.7 Å². The minimum Gasteiger partial charge on any atom is -0.370 e. The molecule has 0 aliphatic rings. The molecule has 1 amide bonds. The number of hydrogen-bond donors (Lipinski definition) is 1. The van der Waals surface area contributed by atoms with Crippen LogP contribution in [0.5, 0.6) is 0 Å². The Balaban J connectivity index is 3.55. The average Bonchev–Trinajstić information content (AvgIpc) is 1.21. The first kappa shape index (κ1) is 8.34. The van der Waals surface area contributed by atoms with E-state index in [1.165, 1.54) is 0 Å². The van der Waals surface area contributed by atoms with E-state index in [4.69, 9.17) is 34.8 Å². The van der Waals surface area contributed by atoms with Gasteiger partial charge in [-0.1, -0.05) is 34.8 Å². The highest BCUT2D eigenvalue weighted by Crippen LogP contribution is 2.29. The number of carbonyl (C=O) groups excluding carboxylic acids is 1. The molecule has 0 heterocycles. The first-order valence-corrected chi connectivity index (χ1v) is 2.90. The van der Waals surface area contributed by atoms with Gasteiger partial charge in [-0.2, -0.15) is 0 Å². The summed E-state index contributed by atoms with van der Waals surface area (Å²) in [5, 5.41) is 0. The SMILES string of the molecule is NC(=O)CC(Cl)(Cl)Cl. The number of alkyl halides is 3. The minimum atomic E-state index is -1.54. The molecule has 0 saturated heterocycles. The van der Waals surface area contributed by atoms with Crippen LogP contribution in [0.25, 0.3) is 0 Å². The van der Waals surface area contributed by atoms with Crippen LogP contribution in [0.3, 0.4) is 0 Å². The lowest BCUT2D eigenvalue weighted by molar-refractivity contribution is -0.117. The van der Waals surface area contributed by atoms with E-state index in [1.807, 2.05) is 0 Å². The molecule has 0 spiro atoms. The number of amides is 1. The second kappa shape index (κ2) is 2.76. The zero-order valence-corrected chi connectivity index (χ0v) is 6.09. The molecular formula is C3H4Cl3NO. The molecule has 0 atom stereocenters. The summed E-state index contributed by atoms with van der Waals surface area (Å²) in [7, 11) is 0. The van der Waals surface area contributed by atoms with Gasteiger partial charge in [0.25, 0.3) is 0 Å². The molecule has 0 rings (SSSR count). The predicted octanol–water partition coefficient (Wildman–Crippen LogP) is 1.23. The van der Waals surface area contributed by atoms with Gasteiger partial charge in [0.1, 0.15) is 0 Å². The summed E-state index contributed by atoms with van der Waals surface area (Å²) in [6.07, 6.45) is -0.238. The van der Waals surface area contributed by atoms with E-state index in [0.29, 0.717) is 0 Å². The molecule has 0 unspecified atom stereocenters. The lowest BCUT2D eigenvalue weighted by atomic mass is 10.5. The molecule has 5 heteroatoms. The van der Waals surface area contributed by atoms with Crippen molar-refractivity contribution < 1.29 is 4.79 Å². The van der Waals surface area contributed by atoms with E-state index in [9.17, 15) is 4.79 Å². The van der Waals surface area contributed by atoms with Crippen molar-refractivity contribution in [2.24, 2.45) is 5.73 Å². The summed E-state index contributed by atoms with van der Waals surface area (Å²) in [6.45, 7) is 0. The maximum absolute atomic E-state index is 9.98. The minimum absolute atomic E-state index is 0.238. The molecule has 0 aromatic heterocycles. The van der Waals surface area contributed by atoms with Crippen LogP contribution in [0.2, 0.25) is 0 Å². The number of rotatable bonds is 1. The molecule has 2 N–H and O–H groups in total. The molecule has 0 bridgehead atoms. The molecular weight excluding hydrogens is 172 g/mol. The number of nitrogens with two attached hydrogens (primary N) is 1. The van der Waals surface area contributed by atoms with Gasteiger partial charge in [-0.15, -0.1) is 0 Å². The standard InChI is InChI=1S/C3H4Cl3NO/c4-3(5,6)1-2(7)8/h1H2,(H2,7,8). The summed E-state index contributed by atoms with van der Waals surface area (Å²) < 4.78 is -1.54. The second-order valence-corrected chi connectivity index (χ2v) is 3.77. The van der Waals surface area contributed by atoms with Gasteiger partial charge < -0.3 is 5.73 Å². The lowest BCUT2D eigenvalue weighted by Crippen LogP contribution is -2.18. The Hall–Kier alpha value is 0.340. The quantitative estimate of drug-likeness (QED) is 0.600. The number of halogens is 3. The van der Waals surface area contributed by atoms with Crippen LogP contribution in [-0.2, 0) is 4.79 Å².